The number of hydrazone groups is 1. The lowest BCUT2D eigenvalue weighted by molar-refractivity contribution is -0.129. The molecule has 4 aromatic rings. The van der Waals surface area contributed by atoms with E-state index in [0.717, 1.165) is 77.7 Å². The number of rotatable bonds is 11. The number of nitrogens with zero attached hydrogens (tertiary/aromatic N) is 4. The van der Waals surface area contributed by atoms with Gasteiger partial charge in [0.05, 0.1) is 30.1 Å². The van der Waals surface area contributed by atoms with Gasteiger partial charge in [0.2, 0.25) is 5.91 Å². The molecule has 2 aromatic carbocycles. The monoisotopic (exact) mass is 607 g/mol. The van der Waals surface area contributed by atoms with E-state index in [1.54, 1.807) is 6.20 Å². The first-order valence-electron chi connectivity index (χ1n) is 16.1. The first-order valence-corrected chi connectivity index (χ1v) is 16.1. The van der Waals surface area contributed by atoms with Gasteiger partial charge in [-0.1, -0.05) is 69.7 Å². The zero-order valence-electron chi connectivity index (χ0n) is 26.3. The van der Waals surface area contributed by atoms with Crippen LogP contribution in [0.5, 0.6) is 0 Å². The van der Waals surface area contributed by atoms with Gasteiger partial charge in [-0.3, -0.25) is 19.0 Å². The highest BCUT2D eigenvalue weighted by molar-refractivity contribution is 6.16. The normalized spacial score (nSPS) is 18.4. The minimum absolute atomic E-state index is 0.0210. The zero-order chi connectivity index (χ0) is 31.5. The number of aromatic nitrogens is 3. The summed E-state index contributed by atoms with van der Waals surface area (Å²) in [7, 11) is 0. The molecule has 2 aromatic heterocycles. The van der Waals surface area contributed by atoms with E-state index in [9.17, 15) is 14.4 Å². The van der Waals surface area contributed by atoms with E-state index in [-0.39, 0.29) is 48.3 Å². The van der Waals surface area contributed by atoms with E-state index in [4.69, 9.17) is 4.74 Å². The van der Waals surface area contributed by atoms with Gasteiger partial charge in [-0.05, 0) is 54.9 Å². The van der Waals surface area contributed by atoms with Crippen LogP contribution in [-0.2, 0) is 27.2 Å². The van der Waals surface area contributed by atoms with Crippen molar-refractivity contribution in [3.63, 3.8) is 0 Å². The van der Waals surface area contributed by atoms with E-state index in [0.29, 0.717) is 12.1 Å². The van der Waals surface area contributed by atoms with Gasteiger partial charge in [-0.25, -0.2) is 9.94 Å². The Hall–Kier alpha value is -4.37. The second-order valence-electron chi connectivity index (χ2n) is 12.5. The molecule has 1 N–H and O–H groups in total. The standard InChI is InChI=1S/C36H41N5O4/c1-4-8-32-30(20-24-11-16-28(25-9-6-5-7-10-25)29(19-24)31-21-34(43)39-38-31)36(44)40(35-17-18-37-41(32)35)26-12-14-27(15-13-26)45-22-33(42)23(2)3/h5-7,9-11,16-19,23,26-27H,4,8,12-15,20-22H2,1-3H3,(H,39,43). The lowest BCUT2D eigenvalue weighted by Crippen LogP contribution is -2.35. The minimum Gasteiger partial charge on any atom is -0.370 e. The maximum absolute atomic E-state index is 14.5. The van der Waals surface area contributed by atoms with Crippen LogP contribution in [0.2, 0.25) is 0 Å². The Morgan fingerprint density at radius 2 is 1.80 bits per heavy atom. The zero-order valence-corrected chi connectivity index (χ0v) is 26.3. The number of aryl methyl sites for hydroxylation is 1. The number of carbonyl (C=O) groups is 2. The molecule has 1 aliphatic heterocycles. The first-order chi connectivity index (χ1) is 21.8. The quantitative estimate of drug-likeness (QED) is 0.237. The van der Waals surface area contributed by atoms with Crippen molar-refractivity contribution in [2.75, 3.05) is 6.61 Å². The van der Waals surface area contributed by atoms with Crippen molar-refractivity contribution in [1.29, 1.82) is 0 Å². The van der Waals surface area contributed by atoms with Crippen molar-refractivity contribution >= 4 is 23.0 Å². The molecule has 9 nitrogen and oxygen atoms in total. The summed E-state index contributed by atoms with van der Waals surface area (Å²) in [6.07, 6.45) is 7.26. The molecule has 0 saturated heterocycles. The van der Waals surface area contributed by atoms with Gasteiger partial charge in [0.1, 0.15) is 12.3 Å². The average molecular weight is 608 g/mol. The molecule has 2 aliphatic rings. The Kier molecular flexibility index (Phi) is 9.07. The van der Waals surface area contributed by atoms with Crippen molar-refractivity contribution in [3.05, 3.63) is 93.5 Å². The Bertz CT molecular complexity index is 1800. The molecule has 234 valence electrons. The Morgan fingerprint density at radius 1 is 1.02 bits per heavy atom. The maximum atomic E-state index is 14.5. The first kappa shape index (κ1) is 30.6. The lowest BCUT2D eigenvalue weighted by Gasteiger charge is -2.31. The fourth-order valence-electron chi connectivity index (χ4n) is 6.58. The number of nitrogens with one attached hydrogen (secondary N) is 1. The number of fused-ring (bicyclic) bond motifs is 1. The fraction of sp³-hybridized carbons (Fsp3) is 0.417. The Labute approximate surface area is 263 Å². The molecule has 1 fully saturated rings. The third-order valence-electron chi connectivity index (χ3n) is 9.06. The molecular formula is C36H41N5O4. The van der Waals surface area contributed by atoms with Crippen molar-refractivity contribution in [2.45, 2.75) is 84.3 Å². The summed E-state index contributed by atoms with van der Waals surface area (Å²) in [6, 6.07) is 18.3. The Morgan fingerprint density at radius 3 is 2.49 bits per heavy atom. The molecule has 1 saturated carbocycles. The number of amides is 1. The number of hydrogen-bond donors (Lipinski definition) is 1. The second kappa shape index (κ2) is 13.3. The van der Waals surface area contributed by atoms with Gasteiger partial charge in [0.25, 0.3) is 5.56 Å². The number of ketones is 1. The fourth-order valence-corrected chi connectivity index (χ4v) is 6.58. The molecule has 1 amide bonds. The SMILES string of the molecule is CCCc1c(Cc2ccc(-c3ccccc3)c(C3=NNC(=O)C3)c2)c(=O)n(C2CCC(OCC(=O)C(C)C)CC2)c2ccnn12. The molecule has 0 bridgehead atoms. The number of benzene rings is 2. The minimum atomic E-state index is -0.127. The van der Waals surface area contributed by atoms with Crippen LogP contribution in [0.4, 0.5) is 0 Å². The summed E-state index contributed by atoms with van der Waals surface area (Å²) >= 11 is 0. The Balaban J connectivity index is 1.35. The topological polar surface area (TPSA) is 107 Å². The van der Waals surface area contributed by atoms with E-state index < -0.39 is 0 Å². The maximum Gasteiger partial charge on any atom is 0.257 e. The molecule has 0 radical (unpaired) electrons. The predicted molar refractivity (Wildman–Crippen MR) is 175 cm³/mol. The van der Waals surface area contributed by atoms with Crippen LogP contribution in [0.15, 0.2) is 70.7 Å². The van der Waals surface area contributed by atoms with Crippen LogP contribution in [0.25, 0.3) is 16.8 Å². The summed E-state index contributed by atoms with van der Waals surface area (Å²) < 4.78 is 9.85. The largest absolute Gasteiger partial charge is 0.370 e. The predicted octanol–water partition coefficient (Wildman–Crippen LogP) is 5.66. The van der Waals surface area contributed by atoms with Crippen molar-refractivity contribution in [2.24, 2.45) is 11.0 Å². The summed E-state index contributed by atoms with van der Waals surface area (Å²) in [5, 5.41) is 9.03. The van der Waals surface area contributed by atoms with Gasteiger partial charge >= 0.3 is 0 Å². The number of ether oxygens (including phenoxy) is 1. The van der Waals surface area contributed by atoms with Gasteiger partial charge < -0.3 is 4.74 Å². The van der Waals surface area contributed by atoms with Crippen LogP contribution in [0, 0.1) is 5.92 Å². The van der Waals surface area contributed by atoms with Gasteiger partial charge in [0, 0.05) is 35.6 Å². The summed E-state index contributed by atoms with van der Waals surface area (Å²) in [6.45, 7) is 6.05. The smallest absolute Gasteiger partial charge is 0.257 e. The summed E-state index contributed by atoms with van der Waals surface area (Å²) in [5.41, 5.74) is 9.72. The summed E-state index contributed by atoms with van der Waals surface area (Å²) in [4.78, 5) is 38.7. The molecule has 3 heterocycles. The molecule has 0 unspecified atom stereocenters. The third kappa shape index (κ3) is 6.40. The van der Waals surface area contributed by atoms with Crippen LogP contribution >= 0.6 is 0 Å². The highest BCUT2D eigenvalue weighted by atomic mass is 16.5. The van der Waals surface area contributed by atoms with Crippen molar-refractivity contribution in [1.82, 2.24) is 19.6 Å². The van der Waals surface area contributed by atoms with Crippen molar-refractivity contribution < 1.29 is 14.3 Å². The van der Waals surface area contributed by atoms with Crippen LogP contribution in [0.1, 0.15) is 87.7 Å². The molecule has 0 atom stereocenters. The van der Waals surface area contributed by atoms with Crippen molar-refractivity contribution in [3.8, 4) is 11.1 Å². The number of carbonyl (C=O) groups excluding carboxylic acids is 2. The lowest BCUT2D eigenvalue weighted by atomic mass is 9.91. The third-order valence-corrected chi connectivity index (χ3v) is 9.06. The average Bonchev–Trinajstić information content (AvgIpc) is 3.72. The van der Waals surface area contributed by atoms with E-state index in [1.807, 2.05) is 47.2 Å². The molecule has 1 aliphatic carbocycles. The van der Waals surface area contributed by atoms with E-state index >= 15 is 0 Å². The van der Waals surface area contributed by atoms with Gasteiger partial charge in [0.15, 0.2) is 5.78 Å². The highest BCUT2D eigenvalue weighted by Crippen LogP contribution is 2.32. The van der Waals surface area contributed by atoms with Crippen LogP contribution < -0.4 is 11.0 Å². The molecule has 9 heteroatoms. The number of hydrogen-bond acceptors (Lipinski definition) is 6. The van der Waals surface area contributed by atoms with Gasteiger partial charge in [-0.15, -0.1) is 0 Å². The van der Waals surface area contributed by atoms with Crippen LogP contribution in [-0.4, -0.2) is 44.3 Å². The van der Waals surface area contributed by atoms with Crippen LogP contribution in [0.3, 0.4) is 0 Å². The van der Waals surface area contributed by atoms with E-state index in [1.165, 1.54) is 0 Å². The highest BCUT2D eigenvalue weighted by Gasteiger charge is 2.28. The van der Waals surface area contributed by atoms with E-state index in [2.05, 4.69) is 52.9 Å². The molecule has 45 heavy (non-hydrogen) atoms. The second-order valence-corrected chi connectivity index (χ2v) is 12.5. The molecule has 0 spiro atoms. The molecular weight excluding hydrogens is 566 g/mol. The van der Waals surface area contributed by atoms with Gasteiger partial charge in [-0.2, -0.15) is 10.2 Å². The molecule has 6 rings (SSSR count). The number of Topliss-reactive ketones (excluding diaryl/α,β-unsaturated/α-hetero) is 1. The summed E-state index contributed by atoms with van der Waals surface area (Å²) in [5.74, 6) is -0.0438.